The lowest BCUT2D eigenvalue weighted by molar-refractivity contribution is 0.544. The molecule has 3 heterocycles. The van der Waals surface area contributed by atoms with E-state index < -0.39 is 0 Å². The summed E-state index contributed by atoms with van der Waals surface area (Å²) in [5, 5.41) is 9.55. The van der Waals surface area contributed by atoms with Crippen molar-refractivity contribution < 1.29 is 4.42 Å². The van der Waals surface area contributed by atoms with Crippen molar-refractivity contribution in [1.82, 2.24) is 19.7 Å². The Labute approximate surface area is 175 Å². The Morgan fingerprint density at radius 3 is 2.54 bits per heavy atom. The van der Waals surface area contributed by atoms with E-state index in [1.165, 1.54) is 0 Å². The van der Waals surface area contributed by atoms with Crippen LogP contribution in [-0.4, -0.2) is 19.7 Å². The maximum Gasteiger partial charge on any atom is 0.192 e. The summed E-state index contributed by atoms with van der Waals surface area (Å²) in [7, 11) is 0. The van der Waals surface area contributed by atoms with Gasteiger partial charge in [-0.25, -0.2) is 0 Å². The van der Waals surface area contributed by atoms with Crippen LogP contribution in [-0.2, 0) is 12.3 Å². The Morgan fingerprint density at radius 1 is 1.00 bits per heavy atom. The van der Waals surface area contributed by atoms with Gasteiger partial charge in [-0.15, -0.1) is 16.8 Å². The number of halogens is 1. The molecule has 0 unspecified atom stereocenters. The van der Waals surface area contributed by atoms with Crippen molar-refractivity contribution in [3.8, 4) is 22.7 Å². The molecule has 0 atom stereocenters. The fraction of sp³-hybridized carbons (Fsp3) is 0.0952. The fourth-order valence-corrected chi connectivity index (χ4v) is 3.87. The highest BCUT2D eigenvalue weighted by atomic mass is 79.9. The molecule has 5 nitrogen and oxygen atoms in total. The Balaban J connectivity index is 1.52. The molecule has 140 valence electrons. The second-order valence-electron chi connectivity index (χ2n) is 6.00. The molecule has 7 heteroatoms. The monoisotopic (exact) mass is 452 g/mol. The first kappa shape index (κ1) is 18.7. The van der Waals surface area contributed by atoms with E-state index in [2.05, 4.69) is 37.7 Å². The average molecular weight is 453 g/mol. The number of thioether (sulfide) groups is 1. The average Bonchev–Trinajstić information content (AvgIpc) is 3.35. The summed E-state index contributed by atoms with van der Waals surface area (Å²) < 4.78 is 9.09. The van der Waals surface area contributed by atoms with Crippen LogP contribution < -0.4 is 0 Å². The Kier molecular flexibility index (Phi) is 5.73. The van der Waals surface area contributed by atoms with Crippen molar-refractivity contribution >= 4 is 27.7 Å². The highest BCUT2D eigenvalue weighted by Gasteiger charge is 2.14. The van der Waals surface area contributed by atoms with E-state index in [0.717, 1.165) is 38.1 Å². The molecule has 1 aromatic carbocycles. The number of aromatic nitrogens is 4. The van der Waals surface area contributed by atoms with Crippen LogP contribution in [0.15, 0.2) is 87.6 Å². The molecule has 3 aromatic heterocycles. The molecular formula is C21H17BrN4OS. The molecule has 0 bridgehead atoms. The summed E-state index contributed by atoms with van der Waals surface area (Å²) in [5.74, 6) is 3.22. The number of benzene rings is 1. The van der Waals surface area contributed by atoms with Gasteiger partial charge in [-0.2, -0.15) is 0 Å². The maximum atomic E-state index is 6.00. The number of nitrogens with zero attached hydrogens (tertiary/aromatic N) is 4. The first-order valence-corrected chi connectivity index (χ1v) is 10.4. The van der Waals surface area contributed by atoms with Crippen LogP contribution >= 0.6 is 27.7 Å². The molecule has 0 aliphatic heterocycles. The van der Waals surface area contributed by atoms with Gasteiger partial charge >= 0.3 is 0 Å². The van der Waals surface area contributed by atoms with Gasteiger partial charge in [-0.1, -0.05) is 45.9 Å². The number of pyridine rings is 1. The Morgan fingerprint density at radius 2 is 1.79 bits per heavy atom. The topological polar surface area (TPSA) is 56.7 Å². The second-order valence-corrected chi connectivity index (χ2v) is 7.86. The van der Waals surface area contributed by atoms with Crippen molar-refractivity contribution in [3.05, 3.63) is 83.8 Å². The van der Waals surface area contributed by atoms with Gasteiger partial charge in [0.2, 0.25) is 0 Å². The molecule has 0 aliphatic rings. The Bertz CT molecular complexity index is 1070. The van der Waals surface area contributed by atoms with Crippen LogP contribution in [0.4, 0.5) is 0 Å². The van der Waals surface area contributed by atoms with Gasteiger partial charge in [0, 0.05) is 34.5 Å². The molecule has 0 saturated carbocycles. The highest BCUT2D eigenvalue weighted by Crippen LogP contribution is 2.29. The lowest BCUT2D eigenvalue weighted by Gasteiger charge is -2.07. The Hall–Kier alpha value is -2.64. The summed E-state index contributed by atoms with van der Waals surface area (Å²) in [6.07, 6.45) is 5.35. The predicted octanol–water partition coefficient (Wildman–Crippen LogP) is 5.84. The van der Waals surface area contributed by atoms with Gasteiger partial charge in [0.05, 0.1) is 5.75 Å². The normalized spacial score (nSPS) is 10.9. The van der Waals surface area contributed by atoms with E-state index in [4.69, 9.17) is 4.42 Å². The zero-order valence-electron chi connectivity index (χ0n) is 15.0. The minimum atomic E-state index is 0.634. The fourth-order valence-electron chi connectivity index (χ4n) is 2.76. The molecule has 0 N–H and O–H groups in total. The largest absolute Gasteiger partial charge is 0.460 e. The third-order valence-electron chi connectivity index (χ3n) is 4.10. The van der Waals surface area contributed by atoms with Crippen molar-refractivity contribution in [1.29, 1.82) is 0 Å². The van der Waals surface area contributed by atoms with Gasteiger partial charge in [-0.05, 0) is 36.4 Å². The van der Waals surface area contributed by atoms with Gasteiger partial charge in [-0.3, -0.25) is 9.55 Å². The third-order valence-corrected chi connectivity index (χ3v) is 5.62. The molecule has 0 fully saturated rings. The highest BCUT2D eigenvalue weighted by molar-refractivity contribution is 9.10. The van der Waals surface area contributed by atoms with E-state index in [1.54, 1.807) is 24.2 Å². The van der Waals surface area contributed by atoms with E-state index in [9.17, 15) is 0 Å². The summed E-state index contributed by atoms with van der Waals surface area (Å²) in [6, 6.07) is 15.9. The smallest absolute Gasteiger partial charge is 0.192 e. The SMILES string of the molecule is C=CCn1c(SCc2ccc(-c3ccc(Br)cc3)o2)nnc1-c1ccncc1. The van der Waals surface area contributed by atoms with E-state index >= 15 is 0 Å². The van der Waals surface area contributed by atoms with Gasteiger partial charge < -0.3 is 4.42 Å². The van der Waals surface area contributed by atoms with Crippen molar-refractivity contribution in [2.24, 2.45) is 0 Å². The molecule has 4 aromatic rings. The minimum absolute atomic E-state index is 0.634. The van der Waals surface area contributed by atoms with E-state index in [0.29, 0.717) is 12.3 Å². The van der Waals surface area contributed by atoms with Crippen LogP contribution in [0, 0.1) is 0 Å². The number of hydrogen-bond donors (Lipinski definition) is 0. The molecule has 0 radical (unpaired) electrons. The summed E-state index contributed by atoms with van der Waals surface area (Å²) in [5.41, 5.74) is 2.03. The van der Waals surface area contributed by atoms with Crippen molar-refractivity contribution in [3.63, 3.8) is 0 Å². The van der Waals surface area contributed by atoms with Crippen LogP contribution in [0.5, 0.6) is 0 Å². The molecule has 0 saturated heterocycles. The van der Waals surface area contributed by atoms with Crippen LogP contribution in [0.25, 0.3) is 22.7 Å². The maximum absolute atomic E-state index is 6.00. The number of hydrogen-bond acceptors (Lipinski definition) is 5. The summed E-state index contributed by atoms with van der Waals surface area (Å²) in [6.45, 7) is 4.49. The molecule has 0 aliphatic carbocycles. The zero-order chi connectivity index (χ0) is 19.3. The molecule has 0 spiro atoms. The first-order valence-electron chi connectivity index (χ1n) is 8.66. The predicted molar refractivity (Wildman–Crippen MR) is 115 cm³/mol. The van der Waals surface area contributed by atoms with Crippen LogP contribution in [0.2, 0.25) is 0 Å². The van der Waals surface area contributed by atoms with Gasteiger partial charge in [0.25, 0.3) is 0 Å². The number of rotatable bonds is 7. The third kappa shape index (κ3) is 4.10. The van der Waals surface area contributed by atoms with Crippen molar-refractivity contribution in [2.75, 3.05) is 0 Å². The van der Waals surface area contributed by atoms with Gasteiger partial charge in [0.15, 0.2) is 11.0 Å². The molecule has 4 rings (SSSR count). The summed E-state index contributed by atoms with van der Waals surface area (Å²) in [4.78, 5) is 4.06. The minimum Gasteiger partial charge on any atom is -0.460 e. The molecular weight excluding hydrogens is 436 g/mol. The molecule has 28 heavy (non-hydrogen) atoms. The van der Waals surface area contributed by atoms with Gasteiger partial charge in [0.1, 0.15) is 11.5 Å². The summed E-state index contributed by atoms with van der Waals surface area (Å²) >= 11 is 5.04. The van der Waals surface area contributed by atoms with E-state index in [-0.39, 0.29) is 0 Å². The quantitative estimate of drug-likeness (QED) is 0.260. The number of furan rings is 1. The van der Waals surface area contributed by atoms with Crippen LogP contribution in [0.1, 0.15) is 5.76 Å². The lowest BCUT2D eigenvalue weighted by atomic mass is 10.2. The zero-order valence-corrected chi connectivity index (χ0v) is 17.4. The first-order chi connectivity index (χ1) is 13.7. The van der Waals surface area contributed by atoms with Crippen molar-refractivity contribution in [2.45, 2.75) is 17.5 Å². The second kappa shape index (κ2) is 8.58. The van der Waals surface area contributed by atoms with E-state index in [1.807, 2.05) is 59.2 Å². The lowest BCUT2D eigenvalue weighted by Crippen LogP contribution is -2.00. The van der Waals surface area contributed by atoms with Crippen LogP contribution in [0.3, 0.4) is 0 Å². The number of allylic oxidation sites excluding steroid dienone is 1. The standard InChI is InChI=1S/C21H17BrN4OS/c1-2-13-26-20(16-9-11-23-12-10-16)24-25-21(26)28-14-18-7-8-19(27-18)15-3-5-17(22)6-4-15/h2-12H,1,13-14H2. The molecule has 0 amide bonds.